The first-order valence-corrected chi connectivity index (χ1v) is 11.0. The van der Waals surface area contributed by atoms with Crippen LogP contribution < -0.4 is 0 Å². The number of ether oxygens (including phenoxy) is 7. The van der Waals surface area contributed by atoms with Crippen molar-refractivity contribution in [1.82, 2.24) is 0 Å². The lowest BCUT2D eigenvalue weighted by molar-refractivity contribution is -0.297. The van der Waals surface area contributed by atoms with Gasteiger partial charge in [-0.2, -0.15) is 0 Å². The Bertz CT molecular complexity index is 764. The summed E-state index contributed by atoms with van der Waals surface area (Å²) in [6.45, 7) is 5.84. The van der Waals surface area contributed by atoms with Crippen LogP contribution in [-0.4, -0.2) is 79.1 Å². The molecular weight excluding hydrogens is 512 g/mol. The van der Waals surface area contributed by atoms with Gasteiger partial charge in [-0.1, -0.05) is 15.9 Å². The lowest BCUT2D eigenvalue weighted by Crippen LogP contribution is -2.62. The number of rotatable bonds is 10. The van der Waals surface area contributed by atoms with Crippen LogP contribution >= 0.6 is 15.9 Å². The average molecular weight is 539 g/mol. The van der Waals surface area contributed by atoms with E-state index in [0.29, 0.717) is 0 Å². The SMILES string of the molecule is CCOC(=O)/C(=C\O[C@@H]1O[C@H](COC(C)=O)[C@@H](OC(C)=O)[C@H](OC(C)=O)[C@H]1OC(C)=O)CBr. The molecule has 5 atom stereocenters. The summed E-state index contributed by atoms with van der Waals surface area (Å²) >= 11 is 3.14. The van der Waals surface area contributed by atoms with E-state index in [1.807, 2.05) is 0 Å². The zero-order valence-electron chi connectivity index (χ0n) is 18.9. The quantitative estimate of drug-likeness (QED) is 0.128. The van der Waals surface area contributed by atoms with Crippen LogP contribution in [0.2, 0.25) is 0 Å². The molecule has 1 aliphatic heterocycles. The first-order valence-electron chi connectivity index (χ1n) is 9.88. The fourth-order valence-electron chi connectivity index (χ4n) is 2.81. The molecule has 1 saturated heterocycles. The molecule has 0 aliphatic carbocycles. The minimum atomic E-state index is -1.44. The minimum absolute atomic E-state index is 0.0666. The molecule has 1 fully saturated rings. The van der Waals surface area contributed by atoms with E-state index in [4.69, 9.17) is 33.2 Å². The van der Waals surface area contributed by atoms with Gasteiger partial charge in [-0.15, -0.1) is 0 Å². The van der Waals surface area contributed by atoms with Crippen molar-refractivity contribution in [2.24, 2.45) is 0 Å². The summed E-state index contributed by atoms with van der Waals surface area (Å²) in [4.78, 5) is 58.6. The van der Waals surface area contributed by atoms with Crippen molar-refractivity contribution in [1.29, 1.82) is 0 Å². The Morgan fingerprint density at radius 1 is 0.818 bits per heavy atom. The molecule has 0 unspecified atom stereocenters. The van der Waals surface area contributed by atoms with Gasteiger partial charge in [0.25, 0.3) is 0 Å². The number of halogens is 1. The third-order valence-electron chi connectivity index (χ3n) is 3.97. The Labute approximate surface area is 198 Å². The summed E-state index contributed by atoms with van der Waals surface area (Å²) in [6, 6.07) is 0. The fourth-order valence-corrected chi connectivity index (χ4v) is 3.17. The standard InChI is InChI=1S/C20H27BrO12/c1-6-27-19(26)14(7-21)8-29-20-18(32-13(5)25)17(31-12(4)24)16(30-11(3)23)15(33-20)9-28-10(2)22/h8,15-18,20H,6-7,9H2,1-5H3/b14-8-/t15-,16-,17+,18-,20-/m1/s1. The van der Waals surface area contributed by atoms with Gasteiger partial charge in [-0.3, -0.25) is 19.2 Å². The van der Waals surface area contributed by atoms with Crippen LogP contribution in [0.3, 0.4) is 0 Å². The van der Waals surface area contributed by atoms with Crippen LogP contribution in [0.4, 0.5) is 0 Å². The van der Waals surface area contributed by atoms with Gasteiger partial charge in [0.15, 0.2) is 12.2 Å². The van der Waals surface area contributed by atoms with Gasteiger partial charge in [0.05, 0.1) is 18.4 Å². The van der Waals surface area contributed by atoms with Crippen molar-refractivity contribution in [3.8, 4) is 0 Å². The maximum Gasteiger partial charge on any atom is 0.337 e. The van der Waals surface area contributed by atoms with Crippen molar-refractivity contribution in [2.75, 3.05) is 18.5 Å². The summed E-state index contributed by atoms with van der Waals surface area (Å²) < 4.78 is 37.0. The van der Waals surface area contributed by atoms with Crippen LogP contribution in [0.5, 0.6) is 0 Å². The Hall–Kier alpha value is -2.67. The first kappa shape index (κ1) is 28.4. The van der Waals surface area contributed by atoms with Gasteiger partial charge in [0.2, 0.25) is 12.4 Å². The zero-order valence-corrected chi connectivity index (χ0v) is 20.4. The Kier molecular flexibility index (Phi) is 11.8. The molecule has 1 aliphatic rings. The van der Waals surface area contributed by atoms with E-state index < -0.39 is 67.2 Å². The topological polar surface area (TPSA) is 150 Å². The van der Waals surface area contributed by atoms with Crippen molar-refractivity contribution >= 4 is 45.8 Å². The number of carbonyl (C=O) groups is 5. The highest BCUT2D eigenvalue weighted by Gasteiger charge is 2.53. The molecule has 0 aromatic rings. The van der Waals surface area contributed by atoms with Crippen LogP contribution in [0.25, 0.3) is 0 Å². The average Bonchev–Trinajstić information content (AvgIpc) is 2.70. The van der Waals surface area contributed by atoms with Gasteiger partial charge < -0.3 is 33.2 Å². The molecule has 0 aromatic carbocycles. The molecule has 0 N–H and O–H groups in total. The summed E-state index contributed by atoms with van der Waals surface area (Å²) in [7, 11) is 0. The smallest absolute Gasteiger partial charge is 0.337 e. The van der Waals surface area contributed by atoms with E-state index in [9.17, 15) is 24.0 Å². The van der Waals surface area contributed by atoms with Crippen molar-refractivity contribution in [2.45, 2.75) is 65.3 Å². The Morgan fingerprint density at radius 3 is 1.85 bits per heavy atom. The summed E-state index contributed by atoms with van der Waals surface area (Å²) in [5, 5.41) is 0.0666. The number of hydrogen-bond acceptors (Lipinski definition) is 12. The predicted molar refractivity (Wildman–Crippen MR) is 112 cm³/mol. The largest absolute Gasteiger partial charge is 0.468 e. The molecule has 0 amide bonds. The molecule has 0 bridgehead atoms. The van der Waals surface area contributed by atoms with Gasteiger partial charge in [-0.25, -0.2) is 4.79 Å². The molecule has 12 nitrogen and oxygen atoms in total. The van der Waals surface area contributed by atoms with Gasteiger partial charge in [0, 0.05) is 33.0 Å². The second-order valence-corrected chi connectivity index (χ2v) is 7.26. The summed E-state index contributed by atoms with van der Waals surface area (Å²) in [5.41, 5.74) is 0.0738. The molecule has 0 radical (unpaired) electrons. The third-order valence-corrected chi connectivity index (χ3v) is 4.58. The maximum absolute atomic E-state index is 12.0. The van der Waals surface area contributed by atoms with E-state index in [-0.39, 0.29) is 17.5 Å². The highest BCUT2D eigenvalue weighted by atomic mass is 79.9. The van der Waals surface area contributed by atoms with E-state index >= 15 is 0 Å². The second-order valence-electron chi connectivity index (χ2n) is 6.70. The van der Waals surface area contributed by atoms with Crippen molar-refractivity contribution in [3.63, 3.8) is 0 Å². The third kappa shape index (κ3) is 9.38. The predicted octanol–water partition coefficient (Wildman–Crippen LogP) is 0.928. The van der Waals surface area contributed by atoms with Gasteiger partial charge in [-0.05, 0) is 6.92 Å². The molecule has 0 aromatic heterocycles. The molecule has 33 heavy (non-hydrogen) atoms. The number of esters is 5. The van der Waals surface area contributed by atoms with Gasteiger partial charge >= 0.3 is 29.8 Å². The summed E-state index contributed by atoms with van der Waals surface area (Å²) in [5.74, 6) is -3.61. The molecule has 1 rings (SSSR count). The second kappa shape index (κ2) is 13.8. The van der Waals surface area contributed by atoms with Crippen LogP contribution in [0, 0.1) is 0 Å². The Morgan fingerprint density at radius 2 is 1.36 bits per heavy atom. The van der Waals surface area contributed by atoms with Crippen molar-refractivity contribution < 1.29 is 57.1 Å². The van der Waals surface area contributed by atoms with Crippen LogP contribution in [-0.2, 0) is 57.1 Å². The van der Waals surface area contributed by atoms with Crippen LogP contribution in [0.1, 0.15) is 34.6 Å². The monoisotopic (exact) mass is 538 g/mol. The number of alkyl halides is 1. The van der Waals surface area contributed by atoms with Crippen molar-refractivity contribution in [3.05, 3.63) is 11.8 Å². The van der Waals surface area contributed by atoms with E-state index in [2.05, 4.69) is 15.9 Å². The van der Waals surface area contributed by atoms with Gasteiger partial charge in [0.1, 0.15) is 12.7 Å². The molecule has 1 heterocycles. The lowest BCUT2D eigenvalue weighted by atomic mass is 9.98. The fraction of sp³-hybridized carbons (Fsp3) is 0.650. The first-order chi connectivity index (χ1) is 15.5. The minimum Gasteiger partial charge on any atom is -0.468 e. The number of carbonyl (C=O) groups excluding carboxylic acids is 5. The zero-order chi connectivity index (χ0) is 25.1. The number of hydrogen-bond donors (Lipinski definition) is 0. The normalized spacial score (nSPS) is 24.8. The molecule has 13 heteroatoms. The maximum atomic E-state index is 12.0. The lowest BCUT2D eigenvalue weighted by Gasteiger charge is -2.43. The van der Waals surface area contributed by atoms with Crippen LogP contribution in [0.15, 0.2) is 11.8 Å². The summed E-state index contributed by atoms with van der Waals surface area (Å²) in [6.07, 6.45) is -5.65. The Balaban J connectivity index is 3.38. The molecule has 186 valence electrons. The molecular formula is C20H27BrO12. The van der Waals surface area contributed by atoms with E-state index in [1.54, 1.807) is 6.92 Å². The van der Waals surface area contributed by atoms with E-state index in [1.165, 1.54) is 0 Å². The highest BCUT2D eigenvalue weighted by Crippen LogP contribution is 2.30. The van der Waals surface area contributed by atoms with E-state index in [0.717, 1.165) is 34.0 Å². The molecule has 0 saturated carbocycles. The molecule has 0 spiro atoms. The highest BCUT2D eigenvalue weighted by molar-refractivity contribution is 9.09.